The van der Waals surface area contributed by atoms with Gasteiger partial charge >= 0.3 is 5.97 Å². The van der Waals surface area contributed by atoms with Crippen molar-refractivity contribution in [1.82, 2.24) is 5.32 Å². The summed E-state index contributed by atoms with van der Waals surface area (Å²) >= 11 is 17.5. The fraction of sp³-hybridized carbons (Fsp3) is 0.176. The van der Waals surface area contributed by atoms with Gasteiger partial charge in [-0.15, -0.1) is 0 Å². The Hall–Kier alpha value is -1.95. The van der Waals surface area contributed by atoms with Gasteiger partial charge in [-0.05, 0) is 42.5 Å². The fourth-order valence-electron chi connectivity index (χ4n) is 1.80. The number of amides is 1. The quantitative estimate of drug-likeness (QED) is 0.561. The third-order valence-electron chi connectivity index (χ3n) is 2.99. The Morgan fingerprint density at radius 2 is 1.64 bits per heavy atom. The molecule has 0 bridgehead atoms. The van der Waals surface area contributed by atoms with Crippen molar-refractivity contribution >= 4 is 46.7 Å². The number of esters is 1. The number of rotatable bonds is 7. The van der Waals surface area contributed by atoms with E-state index in [0.717, 1.165) is 0 Å². The van der Waals surface area contributed by atoms with Crippen molar-refractivity contribution in [2.24, 2.45) is 0 Å². The minimum absolute atomic E-state index is 0.105. The number of hydrogen-bond acceptors (Lipinski definition) is 4. The zero-order valence-electron chi connectivity index (χ0n) is 12.9. The van der Waals surface area contributed by atoms with Gasteiger partial charge in [0.25, 0.3) is 5.91 Å². The van der Waals surface area contributed by atoms with Gasteiger partial charge in [0, 0.05) is 10.0 Å². The van der Waals surface area contributed by atoms with E-state index in [-0.39, 0.29) is 23.7 Å². The van der Waals surface area contributed by atoms with E-state index in [1.54, 1.807) is 30.3 Å². The lowest BCUT2D eigenvalue weighted by Gasteiger charge is -2.09. The van der Waals surface area contributed by atoms with Crippen molar-refractivity contribution < 1.29 is 19.1 Å². The monoisotopic (exact) mass is 401 g/mol. The van der Waals surface area contributed by atoms with Gasteiger partial charge in [-0.1, -0.05) is 34.8 Å². The van der Waals surface area contributed by atoms with Crippen molar-refractivity contribution in [2.45, 2.75) is 0 Å². The second-order valence-electron chi connectivity index (χ2n) is 4.85. The van der Waals surface area contributed by atoms with E-state index >= 15 is 0 Å². The van der Waals surface area contributed by atoms with Crippen LogP contribution in [-0.4, -0.2) is 31.6 Å². The molecule has 0 aliphatic carbocycles. The van der Waals surface area contributed by atoms with Gasteiger partial charge in [-0.2, -0.15) is 0 Å². The first kappa shape index (κ1) is 19.4. The number of benzene rings is 2. The predicted molar refractivity (Wildman–Crippen MR) is 96.7 cm³/mol. The summed E-state index contributed by atoms with van der Waals surface area (Å²) in [6.07, 6.45) is 0. The van der Waals surface area contributed by atoms with Crippen molar-refractivity contribution in [1.29, 1.82) is 0 Å². The molecule has 8 heteroatoms. The zero-order chi connectivity index (χ0) is 18.2. The molecule has 0 aliphatic rings. The number of carbonyl (C=O) groups is 2. The molecule has 1 amide bonds. The Bertz CT molecular complexity index is 750. The maximum Gasteiger partial charge on any atom is 0.340 e. The Labute approximate surface area is 159 Å². The van der Waals surface area contributed by atoms with Crippen LogP contribution in [0.2, 0.25) is 15.1 Å². The van der Waals surface area contributed by atoms with E-state index in [1.165, 1.54) is 12.1 Å². The first-order chi connectivity index (χ1) is 12.0. The molecule has 0 spiro atoms. The fourth-order valence-corrected chi connectivity index (χ4v) is 2.30. The summed E-state index contributed by atoms with van der Waals surface area (Å²) in [5.41, 5.74) is 0.105. The minimum atomic E-state index is -0.722. The highest BCUT2D eigenvalue weighted by atomic mass is 35.5. The van der Waals surface area contributed by atoms with Crippen molar-refractivity contribution in [3.63, 3.8) is 0 Å². The normalized spacial score (nSPS) is 10.2. The van der Waals surface area contributed by atoms with E-state index in [1.807, 2.05) is 0 Å². The van der Waals surface area contributed by atoms with Gasteiger partial charge in [0.1, 0.15) is 12.4 Å². The van der Waals surface area contributed by atoms with Crippen LogP contribution in [0.5, 0.6) is 5.75 Å². The van der Waals surface area contributed by atoms with Crippen molar-refractivity contribution in [3.8, 4) is 5.75 Å². The molecule has 0 unspecified atom stereocenters. The summed E-state index contributed by atoms with van der Waals surface area (Å²) in [5, 5.41) is 3.73. The highest BCUT2D eigenvalue weighted by molar-refractivity contribution is 6.35. The largest absolute Gasteiger partial charge is 0.492 e. The van der Waals surface area contributed by atoms with E-state index in [4.69, 9.17) is 44.3 Å². The molecule has 5 nitrogen and oxygen atoms in total. The molecule has 0 saturated carbocycles. The van der Waals surface area contributed by atoms with Gasteiger partial charge in [0.05, 0.1) is 17.1 Å². The molecule has 25 heavy (non-hydrogen) atoms. The smallest absolute Gasteiger partial charge is 0.340 e. The first-order valence-electron chi connectivity index (χ1n) is 7.23. The van der Waals surface area contributed by atoms with Crippen molar-refractivity contribution in [3.05, 3.63) is 63.1 Å². The highest BCUT2D eigenvalue weighted by Crippen LogP contribution is 2.21. The summed E-state index contributed by atoms with van der Waals surface area (Å²) < 4.78 is 10.3. The van der Waals surface area contributed by atoms with Crippen LogP contribution in [0.15, 0.2) is 42.5 Å². The molecule has 1 N–H and O–H groups in total. The Morgan fingerprint density at radius 1 is 0.960 bits per heavy atom. The Kier molecular flexibility index (Phi) is 7.37. The average molecular weight is 403 g/mol. The molecule has 132 valence electrons. The van der Waals surface area contributed by atoms with Gasteiger partial charge in [0.15, 0.2) is 6.61 Å². The molecule has 2 rings (SSSR count). The molecule has 0 heterocycles. The lowest BCUT2D eigenvalue weighted by molar-refractivity contribution is -0.124. The van der Waals surface area contributed by atoms with Crippen LogP contribution in [-0.2, 0) is 9.53 Å². The highest BCUT2D eigenvalue weighted by Gasteiger charge is 2.14. The van der Waals surface area contributed by atoms with Gasteiger partial charge in [-0.3, -0.25) is 4.79 Å². The van der Waals surface area contributed by atoms with Crippen LogP contribution in [0.4, 0.5) is 0 Å². The second-order valence-corrected chi connectivity index (χ2v) is 6.13. The molecule has 0 aliphatic heterocycles. The third-order valence-corrected chi connectivity index (χ3v) is 3.81. The maximum atomic E-state index is 11.9. The molecular weight excluding hydrogens is 389 g/mol. The molecule has 0 radical (unpaired) electrons. The standard InChI is InChI=1S/C17H14Cl3NO4/c18-11-1-4-13(5-2-11)24-8-7-21-16(22)10-25-17(23)14-9-12(19)3-6-15(14)20/h1-6,9H,7-8,10H2,(H,21,22). The summed E-state index contributed by atoms with van der Waals surface area (Å²) in [7, 11) is 0. The number of ether oxygens (including phenoxy) is 2. The lowest BCUT2D eigenvalue weighted by atomic mass is 10.2. The zero-order valence-corrected chi connectivity index (χ0v) is 15.2. The summed E-state index contributed by atoms with van der Waals surface area (Å²) in [4.78, 5) is 23.6. The summed E-state index contributed by atoms with van der Waals surface area (Å²) in [5.74, 6) is -0.535. The first-order valence-corrected chi connectivity index (χ1v) is 8.36. The maximum absolute atomic E-state index is 11.9. The van der Waals surface area contributed by atoms with Crippen LogP contribution < -0.4 is 10.1 Å². The predicted octanol–water partition coefficient (Wildman–Crippen LogP) is 4.00. The number of halogens is 3. The summed E-state index contributed by atoms with van der Waals surface area (Å²) in [6.45, 7) is 0.0982. The molecule has 2 aromatic carbocycles. The Balaban J connectivity index is 1.69. The van der Waals surface area contributed by atoms with Crippen LogP contribution >= 0.6 is 34.8 Å². The van der Waals surface area contributed by atoms with Crippen LogP contribution in [0.1, 0.15) is 10.4 Å². The van der Waals surface area contributed by atoms with E-state index < -0.39 is 18.5 Å². The van der Waals surface area contributed by atoms with Crippen LogP contribution in [0.25, 0.3) is 0 Å². The minimum Gasteiger partial charge on any atom is -0.492 e. The van der Waals surface area contributed by atoms with Gasteiger partial charge in [-0.25, -0.2) is 4.79 Å². The van der Waals surface area contributed by atoms with Gasteiger partial charge in [0.2, 0.25) is 0 Å². The third kappa shape index (κ3) is 6.46. The Morgan fingerprint density at radius 3 is 2.36 bits per heavy atom. The second kappa shape index (κ2) is 9.51. The summed E-state index contributed by atoms with van der Waals surface area (Å²) in [6, 6.07) is 11.3. The van der Waals surface area contributed by atoms with E-state index in [0.29, 0.717) is 15.8 Å². The molecule has 0 aromatic heterocycles. The van der Waals surface area contributed by atoms with Crippen molar-refractivity contribution in [2.75, 3.05) is 19.8 Å². The van der Waals surface area contributed by atoms with E-state index in [2.05, 4.69) is 5.32 Å². The number of nitrogens with one attached hydrogen (secondary N) is 1. The van der Waals surface area contributed by atoms with E-state index in [9.17, 15) is 9.59 Å². The van der Waals surface area contributed by atoms with Crippen LogP contribution in [0.3, 0.4) is 0 Å². The number of hydrogen-bond donors (Lipinski definition) is 1. The van der Waals surface area contributed by atoms with Gasteiger partial charge < -0.3 is 14.8 Å². The lowest BCUT2D eigenvalue weighted by Crippen LogP contribution is -2.32. The molecule has 0 fully saturated rings. The number of carbonyl (C=O) groups excluding carboxylic acids is 2. The molecule has 0 saturated heterocycles. The molecule has 2 aromatic rings. The van der Waals surface area contributed by atoms with Crippen LogP contribution in [0, 0.1) is 0 Å². The SMILES string of the molecule is O=C(COC(=O)c1cc(Cl)ccc1Cl)NCCOc1ccc(Cl)cc1. The molecular formula is C17H14Cl3NO4. The topological polar surface area (TPSA) is 64.6 Å². The molecule has 0 atom stereocenters. The average Bonchev–Trinajstić information content (AvgIpc) is 2.60.